The number of nitrogens with one attached hydrogen (secondary N) is 1. The predicted molar refractivity (Wildman–Crippen MR) is 74.9 cm³/mol. The molecule has 2 aliphatic heterocycles. The van der Waals surface area contributed by atoms with Crippen molar-refractivity contribution in [2.75, 3.05) is 39.3 Å². The van der Waals surface area contributed by atoms with Crippen molar-refractivity contribution in [1.29, 1.82) is 0 Å². The molecule has 2 saturated heterocycles. The summed E-state index contributed by atoms with van der Waals surface area (Å²) >= 11 is 0. The van der Waals surface area contributed by atoms with Gasteiger partial charge in [0.05, 0.1) is 6.10 Å². The average Bonchev–Trinajstić information content (AvgIpc) is 2.41. The minimum atomic E-state index is -0.297. The van der Waals surface area contributed by atoms with Gasteiger partial charge in [0, 0.05) is 38.1 Å². The normalized spacial score (nSPS) is 28.4. The van der Waals surface area contributed by atoms with Crippen LogP contribution in [0.2, 0.25) is 0 Å². The van der Waals surface area contributed by atoms with Gasteiger partial charge in [0.1, 0.15) is 0 Å². The molecule has 2 aliphatic rings. The highest BCUT2D eigenvalue weighted by molar-refractivity contribution is 5.79. The summed E-state index contributed by atoms with van der Waals surface area (Å²) in [5, 5.41) is 12.8. The maximum Gasteiger partial charge on any atom is 0.225 e. The minimum Gasteiger partial charge on any atom is -0.392 e. The highest BCUT2D eigenvalue weighted by Crippen LogP contribution is 2.18. The number of rotatable bonds is 3. The number of carbonyl (C=O) groups excluding carboxylic acids is 1. The Kier molecular flexibility index (Phi) is 5.19. The first-order valence-electron chi connectivity index (χ1n) is 7.49. The van der Waals surface area contributed by atoms with Gasteiger partial charge in [-0.15, -0.1) is 0 Å². The van der Waals surface area contributed by atoms with E-state index < -0.39 is 0 Å². The van der Waals surface area contributed by atoms with E-state index in [1.54, 1.807) is 0 Å². The summed E-state index contributed by atoms with van der Waals surface area (Å²) in [6.07, 6.45) is 1.65. The summed E-state index contributed by atoms with van der Waals surface area (Å²) in [4.78, 5) is 16.8. The SMILES string of the molecule is CC(O)CN1CCN(C(=O)C2CCNCC2)CC1C. The van der Waals surface area contributed by atoms with Gasteiger partial charge in [0.15, 0.2) is 0 Å². The van der Waals surface area contributed by atoms with Crippen LogP contribution in [0.5, 0.6) is 0 Å². The van der Waals surface area contributed by atoms with E-state index in [4.69, 9.17) is 0 Å². The van der Waals surface area contributed by atoms with E-state index in [0.717, 1.165) is 45.6 Å². The van der Waals surface area contributed by atoms with Gasteiger partial charge in [-0.1, -0.05) is 0 Å². The zero-order chi connectivity index (χ0) is 13.8. The van der Waals surface area contributed by atoms with Crippen LogP contribution in [0.1, 0.15) is 26.7 Å². The number of piperazine rings is 1. The maximum absolute atomic E-state index is 12.5. The van der Waals surface area contributed by atoms with Crippen molar-refractivity contribution in [2.45, 2.75) is 38.8 Å². The molecule has 0 radical (unpaired) electrons. The number of amides is 1. The van der Waals surface area contributed by atoms with Crippen molar-refractivity contribution in [3.63, 3.8) is 0 Å². The van der Waals surface area contributed by atoms with Crippen molar-refractivity contribution in [2.24, 2.45) is 5.92 Å². The Morgan fingerprint density at radius 2 is 2.05 bits per heavy atom. The average molecular weight is 269 g/mol. The molecular formula is C14H27N3O2. The molecule has 0 spiro atoms. The molecule has 2 unspecified atom stereocenters. The first-order valence-corrected chi connectivity index (χ1v) is 7.49. The monoisotopic (exact) mass is 269 g/mol. The third kappa shape index (κ3) is 3.91. The molecule has 1 amide bonds. The van der Waals surface area contributed by atoms with Crippen molar-refractivity contribution in [3.8, 4) is 0 Å². The van der Waals surface area contributed by atoms with Gasteiger partial charge >= 0.3 is 0 Å². The molecule has 0 aromatic carbocycles. The third-order valence-corrected chi connectivity index (χ3v) is 4.26. The van der Waals surface area contributed by atoms with Crippen molar-refractivity contribution < 1.29 is 9.90 Å². The van der Waals surface area contributed by atoms with E-state index in [9.17, 15) is 9.90 Å². The molecule has 5 nitrogen and oxygen atoms in total. The lowest BCUT2D eigenvalue weighted by atomic mass is 9.96. The topological polar surface area (TPSA) is 55.8 Å². The van der Waals surface area contributed by atoms with E-state index in [1.807, 2.05) is 11.8 Å². The van der Waals surface area contributed by atoms with E-state index >= 15 is 0 Å². The summed E-state index contributed by atoms with van der Waals surface area (Å²) in [6, 6.07) is 0.342. The molecule has 0 aromatic rings. The molecule has 0 saturated carbocycles. The summed E-state index contributed by atoms with van der Waals surface area (Å²) in [5.41, 5.74) is 0. The molecule has 0 aromatic heterocycles. The van der Waals surface area contributed by atoms with Gasteiger partial charge in [-0.05, 0) is 39.8 Å². The smallest absolute Gasteiger partial charge is 0.225 e. The van der Waals surface area contributed by atoms with Crippen LogP contribution in [-0.4, -0.2) is 72.2 Å². The van der Waals surface area contributed by atoms with Crippen LogP contribution in [0.15, 0.2) is 0 Å². The molecule has 0 aliphatic carbocycles. The molecule has 5 heteroatoms. The highest BCUT2D eigenvalue weighted by Gasteiger charge is 2.31. The van der Waals surface area contributed by atoms with Crippen molar-refractivity contribution >= 4 is 5.91 Å². The fraction of sp³-hybridized carbons (Fsp3) is 0.929. The molecule has 19 heavy (non-hydrogen) atoms. The molecule has 2 fully saturated rings. The number of hydrogen-bond donors (Lipinski definition) is 2. The van der Waals surface area contributed by atoms with Gasteiger partial charge in [-0.2, -0.15) is 0 Å². The lowest BCUT2D eigenvalue weighted by molar-refractivity contribution is -0.139. The van der Waals surface area contributed by atoms with E-state index in [2.05, 4.69) is 17.1 Å². The van der Waals surface area contributed by atoms with Crippen LogP contribution in [0.3, 0.4) is 0 Å². The van der Waals surface area contributed by atoms with Crippen LogP contribution in [0.25, 0.3) is 0 Å². The Bertz CT molecular complexity index is 303. The predicted octanol–water partition coefficient (Wildman–Crippen LogP) is -0.100. The fourth-order valence-corrected chi connectivity index (χ4v) is 3.13. The van der Waals surface area contributed by atoms with Gasteiger partial charge < -0.3 is 15.3 Å². The van der Waals surface area contributed by atoms with Gasteiger partial charge in [0.2, 0.25) is 5.91 Å². The van der Waals surface area contributed by atoms with Crippen LogP contribution in [0.4, 0.5) is 0 Å². The summed E-state index contributed by atoms with van der Waals surface area (Å²) in [7, 11) is 0. The number of hydrogen-bond acceptors (Lipinski definition) is 4. The highest BCUT2D eigenvalue weighted by atomic mass is 16.3. The quantitative estimate of drug-likeness (QED) is 0.751. The van der Waals surface area contributed by atoms with Crippen molar-refractivity contribution in [1.82, 2.24) is 15.1 Å². The van der Waals surface area contributed by atoms with Crippen LogP contribution < -0.4 is 5.32 Å². The van der Waals surface area contributed by atoms with Crippen molar-refractivity contribution in [3.05, 3.63) is 0 Å². The molecule has 2 N–H and O–H groups in total. The molecular weight excluding hydrogens is 242 g/mol. The zero-order valence-electron chi connectivity index (χ0n) is 12.1. The van der Waals surface area contributed by atoms with E-state index in [1.165, 1.54) is 0 Å². The number of aliphatic hydroxyl groups is 1. The number of β-amino-alcohol motifs (C(OH)–C–C–N with tert-alkyl or cyclic N) is 1. The van der Waals surface area contributed by atoms with Crippen LogP contribution in [-0.2, 0) is 4.79 Å². The summed E-state index contributed by atoms with van der Waals surface area (Å²) in [5.74, 6) is 0.557. The Morgan fingerprint density at radius 3 is 2.63 bits per heavy atom. The Labute approximate surface area is 115 Å². The lowest BCUT2D eigenvalue weighted by Gasteiger charge is -2.41. The zero-order valence-corrected chi connectivity index (χ0v) is 12.1. The second kappa shape index (κ2) is 6.68. The molecule has 110 valence electrons. The second-order valence-electron chi connectivity index (χ2n) is 6.00. The largest absolute Gasteiger partial charge is 0.392 e. The Morgan fingerprint density at radius 1 is 1.37 bits per heavy atom. The lowest BCUT2D eigenvalue weighted by Crippen LogP contribution is -2.56. The summed E-state index contributed by atoms with van der Waals surface area (Å²) < 4.78 is 0. The number of aliphatic hydroxyl groups excluding tert-OH is 1. The Hall–Kier alpha value is -0.650. The number of nitrogens with zero attached hydrogens (tertiary/aromatic N) is 2. The third-order valence-electron chi connectivity index (χ3n) is 4.26. The fourth-order valence-electron chi connectivity index (χ4n) is 3.13. The van der Waals surface area contributed by atoms with Gasteiger partial charge in [0.25, 0.3) is 0 Å². The van der Waals surface area contributed by atoms with Gasteiger partial charge in [-0.3, -0.25) is 9.69 Å². The maximum atomic E-state index is 12.5. The van der Waals surface area contributed by atoms with Gasteiger partial charge in [-0.25, -0.2) is 0 Å². The van der Waals surface area contributed by atoms with E-state index in [0.29, 0.717) is 18.5 Å². The minimum absolute atomic E-state index is 0.219. The molecule has 0 bridgehead atoms. The first-order chi connectivity index (χ1) is 9.08. The summed E-state index contributed by atoms with van der Waals surface area (Å²) in [6.45, 7) is 9.08. The number of carbonyl (C=O) groups is 1. The Balaban J connectivity index is 1.85. The van der Waals surface area contributed by atoms with E-state index in [-0.39, 0.29) is 12.0 Å². The van der Waals surface area contributed by atoms with Crippen LogP contribution >= 0.6 is 0 Å². The molecule has 2 heterocycles. The first kappa shape index (κ1) is 14.8. The molecule has 2 atom stereocenters. The standard InChI is InChI=1S/C14H27N3O2/c1-11-9-17(8-7-16(11)10-12(2)18)14(19)13-3-5-15-6-4-13/h11-13,15,18H,3-10H2,1-2H3. The van der Waals surface area contributed by atoms with Crippen LogP contribution in [0, 0.1) is 5.92 Å². The second-order valence-corrected chi connectivity index (χ2v) is 6.00. The molecule has 2 rings (SSSR count). The number of piperidine rings is 1.